The predicted octanol–water partition coefficient (Wildman–Crippen LogP) is 9.97. The molecule has 0 saturated heterocycles. The molecule has 2 nitrogen and oxygen atoms in total. The molecule has 0 aliphatic heterocycles. The van der Waals surface area contributed by atoms with E-state index in [1.807, 2.05) is 0 Å². The fraction of sp³-hybridized carbons (Fsp3) is 0.781. The van der Waals surface area contributed by atoms with Gasteiger partial charge in [-0.15, -0.1) is 0 Å². The van der Waals surface area contributed by atoms with Crippen LogP contribution < -0.4 is 0 Å². The Morgan fingerprint density at radius 2 is 1.25 bits per heavy atom. The number of aryl methyl sites for hydroxylation is 1. The number of ether oxygens (including phenoxy) is 1. The van der Waals surface area contributed by atoms with Gasteiger partial charge in [-0.05, 0) is 67.9 Å². The molecule has 0 atom stereocenters. The fourth-order valence-electron chi connectivity index (χ4n) is 6.40. The number of rotatable bonds is 14. The van der Waals surface area contributed by atoms with Gasteiger partial charge in [-0.3, -0.25) is 0 Å². The summed E-state index contributed by atoms with van der Waals surface area (Å²) in [4.78, 5) is 12.6. The van der Waals surface area contributed by atoms with Crippen molar-refractivity contribution in [2.45, 2.75) is 142 Å². The van der Waals surface area contributed by atoms with E-state index >= 15 is 0 Å². The van der Waals surface area contributed by atoms with Crippen molar-refractivity contribution in [1.29, 1.82) is 0 Å². The first-order valence-electron chi connectivity index (χ1n) is 15.2. The molecular formula is C32H50F2O2. The SMILES string of the molecule is CCCCCCC1CCC(OC(=O)c2ccc(CCC3CCC(CCCCC)CC3)c(F)c2F)CC1. The van der Waals surface area contributed by atoms with Gasteiger partial charge in [0, 0.05) is 0 Å². The molecular weight excluding hydrogens is 454 g/mol. The highest BCUT2D eigenvalue weighted by Gasteiger charge is 2.27. The first-order chi connectivity index (χ1) is 17.5. The van der Waals surface area contributed by atoms with E-state index in [4.69, 9.17) is 4.74 Å². The van der Waals surface area contributed by atoms with Gasteiger partial charge in [0.15, 0.2) is 11.6 Å². The highest BCUT2D eigenvalue weighted by molar-refractivity contribution is 5.90. The predicted molar refractivity (Wildman–Crippen MR) is 144 cm³/mol. The molecule has 0 bridgehead atoms. The van der Waals surface area contributed by atoms with Gasteiger partial charge >= 0.3 is 5.97 Å². The molecule has 0 N–H and O–H groups in total. The minimum atomic E-state index is -1.04. The summed E-state index contributed by atoms with van der Waals surface area (Å²) < 4.78 is 35.3. The molecule has 3 rings (SSSR count). The third-order valence-corrected chi connectivity index (χ3v) is 8.92. The topological polar surface area (TPSA) is 26.3 Å². The van der Waals surface area contributed by atoms with E-state index in [9.17, 15) is 13.6 Å². The first kappa shape index (κ1) is 29.1. The van der Waals surface area contributed by atoms with E-state index in [0.29, 0.717) is 23.8 Å². The Hall–Kier alpha value is -1.45. The number of esters is 1. The Morgan fingerprint density at radius 1 is 0.722 bits per heavy atom. The average molecular weight is 505 g/mol. The van der Waals surface area contributed by atoms with Gasteiger partial charge in [0.25, 0.3) is 0 Å². The zero-order valence-electron chi connectivity index (χ0n) is 23.0. The van der Waals surface area contributed by atoms with Crippen LogP contribution in [0.25, 0.3) is 0 Å². The lowest BCUT2D eigenvalue weighted by molar-refractivity contribution is 0.0155. The van der Waals surface area contributed by atoms with Crippen molar-refractivity contribution in [3.63, 3.8) is 0 Å². The molecule has 1 aromatic carbocycles. The van der Waals surface area contributed by atoms with Gasteiger partial charge in [-0.2, -0.15) is 0 Å². The van der Waals surface area contributed by atoms with Crippen LogP contribution in [0.2, 0.25) is 0 Å². The third kappa shape index (κ3) is 9.14. The van der Waals surface area contributed by atoms with E-state index in [1.54, 1.807) is 6.07 Å². The number of hydrogen-bond donors (Lipinski definition) is 0. The summed E-state index contributed by atoms with van der Waals surface area (Å²) in [6.07, 6.45) is 21.6. The number of benzene rings is 1. The third-order valence-electron chi connectivity index (χ3n) is 8.92. The van der Waals surface area contributed by atoms with Crippen molar-refractivity contribution >= 4 is 5.97 Å². The highest BCUT2D eigenvalue weighted by atomic mass is 19.2. The van der Waals surface area contributed by atoms with Crippen LogP contribution in [0.5, 0.6) is 0 Å². The average Bonchev–Trinajstić information content (AvgIpc) is 2.89. The number of unbranched alkanes of at least 4 members (excludes halogenated alkanes) is 5. The Bertz CT molecular complexity index is 777. The monoisotopic (exact) mass is 504 g/mol. The quantitative estimate of drug-likeness (QED) is 0.186. The van der Waals surface area contributed by atoms with Crippen LogP contribution in [0.3, 0.4) is 0 Å². The number of halogens is 2. The fourth-order valence-corrected chi connectivity index (χ4v) is 6.40. The summed E-state index contributed by atoms with van der Waals surface area (Å²) in [7, 11) is 0. The van der Waals surface area contributed by atoms with E-state index < -0.39 is 17.6 Å². The number of carbonyl (C=O) groups is 1. The van der Waals surface area contributed by atoms with Gasteiger partial charge in [0.2, 0.25) is 0 Å². The van der Waals surface area contributed by atoms with E-state index in [2.05, 4.69) is 13.8 Å². The maximum Gasteiger partial charge on any atom is 0.341 e. The molecule has 0 heterocycles. The van der Waals surface area contributed by atoms with Crippen LogP contribution in [0.1, 0.15) is 145 Å². The second-order valence-electron chi connectivity index (χ2n) is 11.7. The van der Waals surface area contributed by atoms with Crippen molar-refractivity contribution in [3.8, 4) is 0 Å². The van der Waals surface area contributed by atoms with Gasteiger partial charge < -0.3 is 4.74 Å². The summed E-state index contributed by atoms with van der Waals surface area (Å²) in [6.45, 7) is 4.47. The van der Waals surface area contributed by atoms with Crippen LogP contribution in [-0.4, -0.2) is 12.1 Å². The van der Waals surface area contributed by atoms with Crippen molar-refractivity contribution in [3.05, 3.63) is 34.9 Å². The highest BCUT2D eigenvalue weighted by Crippen LogP contribution is 2.35. The lowest BCUT2D eigenvalue weighted by Crippen LogP contribution is -2.25. The van der Waals surface area contributed by atoms with E-state index in [1.165, 1.54) is 89.5 Å². The Morgan fingerprint density at radius 3 is 1.86 bits per heavy atom. The molecule has 2 aliphatic rings. The van der Waals surface area contributed by atoms with Crippen molar-refractivity contribution in [2.24, 2.45) is 17.8 Å². The summed E-state index contributed by atoms with van der Waals surface area (Å²) >= 11 is 0. The maximum absolute atomic E-state index is 14.8. The van der Waals surface area contributed by atoms with Gasteiger partial charge in [0.1, 0.15) is 6.10 Å². The molecule has 0 radical (unpaired) electrons. The lowest BCUT2D eigenvalue weighted by Gasteiger charge is -2.29. The minimum absolute atomic E-state index is 0.177. The van der Waals surface area contributed by atoms with E-state index in [-0.39, 0.29) is 11.7 Å². The van der Waals surface area contributed by atoms with Crippen LogP contribution in [0.15, 0.2) is 12.1 Å². The van der Waals surface area contributed by atoms with Gasteiger partial charge in [-0.1, -0.05) is 103 Å². The first-order valence-corrected chi connectivity index (χ1v) is 15.2. The maximum atomic E-state index is 14.8. The molecule has 0 unspecified atom stereocenters. The summed E-state index contributed by atoms with van der Waals surface area (Å²) in [5.41, 5.74) is 0.128. The van der Waals surface area contributed by atoms with Crippen molar-refractivity contribution in [2.75, 3.05) is 0 Å². The van der Waals surface area contributed by atoms with E-state index in [0.717, 1.165) is 38.0 Å². The van der Waals surface area contributed by atoms with Crippen LogP contribution >= 0.6 is 0 Å². The van der Waals surface area contributed by atoms with Crippen molar-refractivity contribution < 1.29 is 18.3 Å². The summed E-state index contributed by atoms with van der Waals surface area (Å²) in [6, 6.07) is 3.03. The van der Waals surface area contributed by atoms with Gasteiger partial charge in [0.05, 0.1) is 5.56 Å². The second-order valence-corrected chi connectivity index (χ2v) is 11.7. The Kier molecular flexibility index (Phi) is 12.7. The molecule has 2 fully saturated rings. The molecule has 4 heteroatoms. The molecule has 1 aromatic rings. The Labute approximate surface area is 219 Å². The zero-order chi connectivity index (χ0) is 25.8. The lowest BCUT2D eigenvalue weighted by atomic mass is 9.77. The number of carbonyl (C=O) groups excluding carboxylic acids is 1. The zero-order valence-corrected chi connectivity index (χ0v) is 23.0. The van der Waals surface area contributed by atoms with Gasteiger partial charge in [-0.25, -0.2) is 13.6 Å². The smallest absolute Gasteiger partial charge is 0.341 e. The molecule has 2 aliphatic carbocycles. The second kappa shape index (κ2) is 15.7. The largest absolute Gasteiger partial charge is 0.459 e. The molecule has 0 spiro atoms. The molecule has 204 valence electrons. The van der Waals surface area contributed by atoms with Crippen LogP contribution in [0.4, 0.5) is 8.78 Å². The summed E-state index contributed by atoms with van der Waals surface area (Å²) in [5, 5.41) is 0. The summed E-state index contributed by atoms with van der Waals surface area (Å²) in [5.74, 6) is -0.461. The molecule has 36 heavy (non-hydrogen) atoms. The van der Waals surface area contributed by atoms with Crippen molar-refractivity contribution in [1.82, 2.24) is 0 Å². The van der Waals surface area contributed by atoms with Crippen LogP contribution in [0, 0.1) is 29.4 Å². The normalized spacial score (nSPS) is 24.6. The Balaban J connectivity index is 1.41. The molecule has 2 saturated carbocycles. The van der Waals surface area contributed by atoms with Crippen LogP contribution in [-0.2, 0) is 11.2 Å². The standard InChI is InChI=1S/C32H50F2O2/c1-3-5-7-9-11-25-17-21-28(22-18-25)36-32(35)29-23-20-27(30(33)31(29)34)19-16-26-14-12-24(13-15-26)10-8-6-4-2/h20,23-26,28H,3-19,21-22H2,1-2H3. The minimum Gasteiger partial charge on any atom is -0.459 e. The molecule has 0 aromatic heterocycles. The number of hydrogen-bond acceptors (Lipinski definition) is 2. The molecule has 0 amide bonds.